The number of nitrogens with zero attached hydrogens (tertiary/aromatic N) is 1. The minimum Gasteiger partial charge on any atom is -0.301 e. The fourth-order valence-electron chi connectivity index (χ4n) is 3.27. The lowest BCUT2D eigenvalue weighted by molar-refractivity contribution is 0.251. The molecule has 1 heterocycles. The largest absolute Gasteiger partial charge is 0.301 e. The number of nitrogens with one attached hydrogen (secondary N) is 1. The molecular weight excluding hydrogens is 244 g/mol. The third-order valence-electron chi connectivity index (χ3n) is 4.34. The van der Waals surface area contributed by atoms with E-state index in [0.29, 0.717) is 6.04 Å². The molecule has 0 saturated heterocycles. The first-order chi connectivity index (χ1) is 9.58. The Hall–Kier alpha value is -1.67. The van der Waals surface area contributed by atoms with E-state index in [1.165, 1.54) is 11.1 Å². The molecule has 104 valence electrons. The Labute approximate surface area is 121 Å². The van der Waals surface area contributed by atoms with E-state index in [9.17, 15) is 0 Å². The van der Waals surface area contributed by atoms with Crippen LogP contribution in [0.5, 0.6) is 0 Å². The lowest BCUT2D eigenvalue weighted by Crippen LogP contribution is -2.33. The number of hydrogen-bond acceptors (Lipinski definition) is 2. The second-order valence-electron chi connectivity index (χ2n) is 6.44. The predicted octanol–water partition coefficient (Wildman–Crippen LogP) is 4.06. The number of benzene rings is 1. The minimum atomic E-state index is 0.243. The van der Waals surface area contributed by atoms with Crippen LogP contribution in [0.1, 0.15) is 49.7 Å². The molecule has 1 aromatic carbocycles. The number of rotatable bonds is 3. The zero-order chi connectivity index (χ0) is 14.2. The van der Waals surface area contributed by atoms with Crippen LogP contribution in [-0.2, 0) is 6.42 Å². The number of hydrogen-bond donors (Lipinski definition) is 1. The first kappa shape index (κ1) is 13.3. The molecule has 0 fully saturated rings. The summed E-state index contributed by atoms with van der Waals surface area (Å²) in [5, 5.41) is 3.78. The molecule has 0 bridgehead atoms. The van der Waals surface area contributed by atoms with Crippen LogP contribution < -0.4 is 5.32 Å². The Balaban J connectivity index is 1.86. The zero-order valence-corrected chi connectivity index (χ0v) is 12.4. The van der Waals surface area contributed by atoms with Crippen LogP contribution in [0, 0.1) is 5.41 Å². The monoisotopic (exact) mass is 266 g/mol. The van der Waals surface area contributed by atoms with Crippen molar-refractivity contribution in [3.8, 4) is 0 Å². The van der Waals surface area contributed by atoms with E-state index in [0.717, 1.165) is 12.1 Å². The zero-order valence-electron chi connectivity index (χ0n) is 12.4. The van der Waals surface area contributed by atoms with Crippen molar-refractivity contribution >= 4 is 0 Å². The van der Waals surface area contributed by atoms with E-state index in [-0.39, 0.29) is 11.5 Å². The maximum atomic E-state index is 4.46. The fourth-order valence-corrected chi connectivity index (χ4v) is 3.27. The second kappa shape index (κ2) is 5.02. The molecule has 1 unspecified atom stereocenters. The Kier molecular flexibility index (Phi) is 3.35. The molecule has 2 heteroatoms. The first-order valence-electron chi connectivity index (χ1n) is 7.33. The van der Waals surface area contributed by atoms with Crippen molar-refractivity contribution in [1.29, 1.82) is 0 Å². The van der Waals surface area contributed by atoms with Gasteiger partial charge in [-0.05, 0) is 42.0 Å². The van der Waals surface area contributed by atoms with Crippen LogP contribution in [0.4, 0.5) is 0 Å². The van der Waals surface area contributed by atoms with Crippen LogP contribution in [0.3, 0.4) is 0 Å². The second-order valence-corrected chi connectivity index (χ2v) is 6.44. The van der Waals surface area contributed by atoms with Crippen molar-refractivity contribution < 1.29 is 0 Å². The number of aromatic nitrogens is 1. The minimum absolute atomic E-state index is 0.243. The Morgan fingerprint density at radius 3 is 2.65 bits per heavy atom. The van der Waals surface area contributed by atoms with Crippen molar-refractivity contribution in [2.45, 2.75) is 39.3 Å². The Morgan fingerprint density at radius 2 is 1.90 bits per heavy atom. The molecule has 0 aliphatic heterocycles. The van der Waals surface area contributed by atoms with Gasteiger partial charge in [0.25, 0.3) is 0 Å². The van der Waals surface area contributed by atoms with Gasteiger partial charge in [0, 0.05) is 18.3 Å². The van der Waals surface area contributed by atoms with E-state index in [1.807, 2.05) is 18.3 Å². The Morgan fingerprint density at radius 1 is 1.15 bits per heavy atom. The summed E-state index contributed by atoms with van der Waals surface area (Å²) in [6.45, 7) is 6.88. The molecule has 0 amide bonds. The van der Waals surface area contributed by atoms with Crippen LogP contribution in [0.15, 0.2) is 48.7 Å². The molecule has 0 saturated carbocycles. The quantitative estimate of drug-likeness (QED) is 0.906. The average Bonchev–Trinajstić information content (AvgIpc) is 2.70. The lowest BCUT2D eigenvalue weighted by atomic mass is 9.85. The summed E-state index contributed by atoms with van der Waals surface area (Å²) in [5.41, 5.74) is 4.27. The molecule has 0 spiro atoms. The number of fused-ring (bicyclic) bond motifs is 1. The van der Waals surface area contributed by atoms with Gasteiger partial charge in [0.15, 0.2) is 0 Å². The van der Waals surface area contributed by atoms with Crippen molar-refractivity contribution in [2.75, 3.05) is 0 Å². The lowest BCUT2D eigenvalue weighted by Gasteiger charge is -2.31. The predicted molar refractivity (Wildman–Crippen MR) is 82.5 cm³/mol. The average molecular weight is 266 g/mol. The maximum Gasteiger partial charge on any atom is 0.0570 e. The molecule has 1 aliphatic carbocycles. The summed E-state index contributed by atoms with van der Waals surface area (Å²) in [6.07, 6.45) is 3.00. The molecule has 1 N–H and O–H groups in total. The molecule has 20 heavy (non-hydrogen) atoms. The summed E-state index contributed by atoms with van der Waals surface area (Å²) >= 11 is 0. The smallest absolute Gasteiger partial charge is 0.0570 e. The molecule has 1 aliphatic rings. The standard InChI is InChI=1S/C18H22N2/c1-13(16-10-6-7-11-19-16)20-17-15-9-5-4-8-14(15)12-18(17,2)3/h4-11,13,17,20H,12H2,1-3H3/t13-,17?/m0/s1. The highest BCUT2D eigenvalue weighted by Gasteiger charge is 2.39. The fraction of sp³-hybridized carbons (Fsp3) is 0.389. The van der Waals surface area contributed by atoms with E-state index in [2.05, 4.69) is 61.4 Å². The highest BCUT2D eigenvalue weighted by molar-refractivity contribution is 5.37. The van der Waals surface area contributed by atoms with Crippen LogP contribution in [0.2, 0.25) is 0 Å². The molecule has 2 aromatic rings. The highest BCUT2D eigenvalue weighted by atomic mass is 15.0. The van der Waals surface area contributed by atoms with Crippen LogP contribution >= 0.6 is 0 Å². The van der Waals surface area contributed by atoms with Gasteiger partial charge >= 0.3 is 0 Å². The molecule has 2 atom stereocenters. The third kappa shape index (κ3) is 2.36. The van der Waals surface area contributed by atoms with Gasteiger partial charge < -0.3 is 5.32 Å². The van der Waals surface area contributed by atoms with Crippen molar-refractivity contribution in [3.05, 3.63) is 65.5 Å². The van der Waals surface area contributed by atoms with Gasteiger partial charge in [-0.1, -0.05) is 44.2 Å². The maximum absolute atomic E-state index is 4.46. The molecule has 2 nitrogen and oxygen atoms in total. The van der Waals surface area contributed by atoms with Gasteiger partial charge in [-0.15, -0.1) is 0 Å². The van der Waals surface area contributed by atoms with Gasteiger partial charge in [0.2, 0.25) is 0 Å². The van der Waals surface area contributed by atoms with E-state index < -0.39 is 0 Å². The molecule has 3 rings (SSSR count). The van der Waals surface area contributed by atoms with Gasteiger partial charge in [-0.2, -0.15) is 0 Å². The molecule has 1 aromatic heterocycles. The van der Waals surface area contributed by atoms with Crippen molar-refractivity contribution in [3.63, 3.8) is 0 Å². The summed E-state index contributed by atoms with van der Waals surface area (Å²) < 4.78 is 0. The summed E-state index contributed by atoms with van der Waals surface area (Å²) in [5.74, 6) is 0. The van der Waals surface area contributed by atoms with Gasteiger partial charge in [0.1, 0.15) is 0 Å². The van der Waals surface area contributed by atoms with E-state index in [1.54, 1.807) is 0 Å². The SMILES string of the molecule is C[C@H](NC1c2ccccc2CC1(C)C)c1ccccn1. The topological polar surface area (TPSA) is 24.9 Å². The van der Waals surface area contributed by atoms with Crippen molar-refractivity contribution in [1.82, 2.24) is 10.3 Å². The van der Waals surface area contributed by atoms with Crippen LogP contribution in [-0.4, -0.2) is 4.98 Å². The first-order valence-corrected chi connectivity index (χ1v) is 7.33. The third-order valence-corrected chi connectivity index (χ3v) is 4.34. The van der Waals surface area contributed by atoms with E-state index in [4.69, 9.17) is 0 Å². The van der Waals surface area contributed by atoms with Crippen molar-refractivity contribution in [2.24, 2.45) is 5.41 Å². The summed E-state index contributed by atoms with van der Waals surface area (Å²) in [6, 6.07) is 15.5. The molecular formula is C18H22N2. The van der Waals surface area contributed by atoms with Gasteiger partial charge in [-0.3, -0.25) is 4.98 Å². The summed E-state index contributed by atoms with van der Waals surface area (Å²) in [7, 11) is 0. The van der Waals surface area contributed by atoms with Gasteiger partial charge in [0.05, 0.1) is 5.69 Å². The van der Waals surface area contributed by atoms with E-state index >= 15 is 0 Å². The Bertz CT molecular complexity index is 589. The van der Waals surface area contributed by atoms with Gasteiger partial charge in [-0.25, -0.2) is 0 Å². The normalized spacial score (nSPS) is 21.4. The van der Waals surface area contributed by atoms with Crippen LogP contribution in [0.25, 0.3) is 0 Å². The summed E-state index contributed by atoms with van der Waals surface area (Å²) in [4.78, 5) is 4.46. The highest BCUT2D eigenvalue weighted by Crippen LogP contribution is 2.45. The molecule has 0 radical (unpaired) electrons. The number of pyridine rings is 1.